The summed E-state index contributed by atoms with van der Waals surface area (Å²) in [5.41, 5.74) is 2.16. The van der Waals surface area contributed by atoms with E-state index in [2.05, 4.69) is 36.2 Å². The third kappa shape index (κ3) is 5.69. The molecule has 1 aromatic rings. The van der Waals surface area contributed by atoms with Crippen molar-refractivity contribution in [1.82, 2.24) is 15.2 Å². The van der Waals surface area contributed by atoms with Gasteiger partial charge < -0.3 is 4.90 Å². The van der Waals surface area contributed by atoms with Gasteiger partial charge >= 0.3 is 0 Å². The van der Waals surface area contributed by atoms with E-state index in [1.54, 1.807) is 0 Å². The van der Waals surface area contributed by atoms with Crippen LogP contribution in [0.5, 0.6) is 0 Å². The number of carbonyl (C=O) groups is 1. The molecule has 1 rings (SSSR count). The molecule has 0 spiro atoms. The van der Waals surface area contributed by atoms with Crippen LogP contribution in [0.25, 0.3) is 0 Å². The molecule has 0 bridgehead atoms. The molecule has 0 saturated carbocycles. The van der Waals surface area contributed by atoms with Gasteiger partial charge in [-0.25, -0.2) is 5.84 Å². The summed E-state index contributed by atoms with van der Waals surface area (Å²) in [6.45, 7) is 6.23. The fourth-order valence-corrected chi connectivity index (χ4v) is 2.76. The Morgan fingerprint density at radius 3 is 2.63 bits per heavy atom. The van der Waals surface area contributed by atoms with Crippen LogP contribution in [-0.2, 0) is 6.54 Å². The molecule has 0 aromatic carbocycles. The fourth-order valence-electron chi connectivity index (χ4n) is 1.80. The largest absolute Gasteiger partial charge is 0.308 e. The summed E-state index contributed by atoms with van der Waals surface area (Å²) >= 11 is 1.51. The van der Waals surface area contributed by atoms with E-state index >= 15 is 0 Å². The summed E-state index contributed by atoms with van der Waals surface area (Å²) in [6.07, 6.45) is 1.13. The van der Waals surface area contributed by atoms with E-state index in [1.807, 2.05) is 12.1 Å². The first kappa shape index (κ1) is 16.1. The van der Waals surface area contributed by atoms with Crippen LogP contribution in [0.2, 0.25) is 0 Å². The topological polar surface area (TPSA) is 61.6 Å². The molecule has 1 amide bonds. The van der Waals surface area contributed by atoms with E-state index in [9.17, 15) is 4.79 Å². The van der Waals surface area contributed by atoms with Crippen molar-refractivity contribution >= 4 is 17.2 Å². The SMILES string of the molecule is CCCN(CCN(C)C)Cc1ccc(C(=O)NN)s1. The van der Waals surface area contributed by atoms with Gasteiger partial charge in [0, 0.05) is 24.5 Å². The number of hydrogen-bond acceptors (Lipinski definition) is 5. The van der Waals surface area contributed by atoms with Gasteiger partial charge in [0.15, 0.2) is 0 Å². The highest BCUT2D eigenvalue weighted by Crippen LogP contribution is 2.18. The number of nitrogens with one attached hydrogen (secondary N) is 1. The molecule has 0 aliphatic heterocycles. The van der Waals surface area contributed by atoms with E-state index in [0.717, 1.165) is 32.6 Å². The molecule has 0 aliphatic carbocycles. The molecule has 19 heavy (non-hydrogen) atoms. The molecule has 0 atom stereocenters. The van der Waals surface area contributed by atoms with E-state index in [1.165, 1.54) is 16.2 Å². The molecule has 0 fully saturated rings. The van der Waals surface area contributed by atoms with Crippen LogP contribution in [0.1, 0.15) is 27.9 Å². The zero-order valence-electron chi connectivity index (χ0n) is 12.0. The first-order chi connectivity index (χ1) is 9.06. The third-order valence-electron chi connectivity index (χ3n) is 2.80. The minimum absolute atomic E-state index is 0.216. The fraction of sp³-hybridized carbons (Fsp3) is 0.615. The van der Waals surface area contributed by atoms with E-state index in [4.69, 9.17) is 5.84 Å². The number of hydrogen-bond donors (Lipinski definition) is 2. The normalized spacial score (nSPS) is 11.3. The Morgan fingerprint density at radius 1 is 1.32 bits per heavy atom. The number of hydrazine groups is 1. The number of thiophene rings is 1. The van der Waals surface area contributed by atoms with Crippen LogP contribution in [0.4, 0.5) is 0 Å². The number of carbonyl (C=O) groups excluding carboxylic acids is 1. The molecule has 0 aliphatic rings. The van der Waals surface area contributed by atoms with Crippen LogP contribution >= 0.6 is 11.3 Å². The Hall–Kier alpha value is -0.950. The molecule has 0 saturated heterocycles. The smallest absolute Gasteiger partial charge is 0.275 e. The van der Waals surface area contributed by atoms with Gasteiger partial charge in [-0.2, -0.15) is 0 Å². The zero-order valence-corrected chi connectivity index (χ0v) is 12.8. The molecule has 0 radical (unpaired) electrons. The summed E-state index contributed by atoms with van der Waals surface area (Å²) in [6, 6.07) is 3.84. The quantitative estimate of drug-likeness (QED) is 0.427. The highest BCUT2D eigenvalue weighted by Gasteiger charge is 2.11. The number of amides is 1. The van der Waals surface area contributed by atoms with Gasteiger partial charge in [0.25, 0.3) is 5.91 Å². The summed E-state index contributed by atoms with van der Waals surface area (Å²) in [5, 5.41) is 0. The van der Waals surface area contributed by atoms with Crippen molar-refractivity contribution in [3.63, 3.8) is 0 Å². The summed E-state index contributed by atoms with van der Waals surface area (Å²) in [4.78, 5) is 17.9. The summed E-state index contributed by atoms with van der Waals surface area (Å²) in [7, 11) is 4.16. The number of nitrogens with two attached hydrogens (primary N) is 1. The molecule has 5 nitrogen and oxygen atoms in total. The lowest BCUT2D eigenvalue weighted by Gasteiger charge is -2.22. The Labute approximate surface area is 119 Å². The van der Waals surface area contributed by atoms with Gasteiger partial charge in [0.1, 0.15) is 0 Å². The maximum Gasteiger partial charge on any atom is 0.275 e. The van der Waals surface area contributed by atoms with Crippen LogP contribution < -0.4 is 11.3 Å². The maximum absolute atomic E-state index is 11.4. The monoisotopic (exact) mass is 284 g/mol. The Bertz CT molecular complexity index is 392. The first-order valence-electron chi connectivity index (χ1n) is 6.53. The van der Waals surface area contributed by atoms with Gasteiger partial charge in [-0.15, -0.1) is 11.3 Å². The lowest BCUT2D eigenvalue weighted by Crippen LogP contribution is -2.31. The van der Waals surface area contributed by atoms with E-state index in [-0.39, 0.29) is 5.91 Å². The van der Waals surface area contributed by atoms with Crippen molar-refractivity contribution in [2.75, 3.05) is 33.7 Å². The molecular weight excluding hydrogens is 260 g/mol. The van der Waals surface area contributed by atoms with Crippen molar-refractivity contribution in [2.24, 2.45) is 5.84 Å². The second-order valence-electron chi connectivity index (χ2n) is 4.82. The van der Waals surface area contributed by atoms with Crippen molar-refractivity contribution in [3.8, 4) is 0 Å². The number of likely N-dealkylation sites (N-methyl/N-ethyl adjacent to an activating group) is 1. The zero-order chi connectivity index (χ0) is 14.3. The second kappa shape index (κ2) is 8.27. The standard InChI is InChI=1S/C13H24N4OS/c1-4-7-17(9-8-16(2)3)10-11-5-6-12(19-11)13(18)15-14/h5-6H,4,7-10,14H2,1-3H3,(H,15,18). The van der Waals surface area contributed by atoms with Crippen LogP contribution in [0.3, 0.4) is 0 Å². The molecule has 6 heteroatoms. The van der Waals surface area contributed by atoms with Crippen molar-refractivity contribution in [2.45, 2.75) is 19.9 Å². The Balaban J connectivity index is 2.57. The van der Waals surface area contributed by atoms with Gasteiger partial charge in [-0.3, -0.25) is 15.1 Å². The molecular formula is C13H24N4OS. The van der Waals surface area contributed by atoms with Crippen molar-refractivity contribution in [3.05, 3.63) is 21.9 Å². The maximum atomic E-state index is 11.4. The Morgan fingerprint density at radius 2 is 2.05 bits per heavy atom. The number of rotatable bonds is 8. The van der Waals surface area contributed by atoms with Crippen molar-refractivity contribution in [1.29, 1.82) is 0 Å². The number of nitrogens with zero attached hydrogens (tertiary/aromatic N) is 2. The van der Waals surface area contributed by atoms with Gasteiger partial charge in [0.2, 0.25) is 0 Å². The van der Waals surface area contributed by atoms with Crippen molar-refractivity contribution < 1.29 is 4.79 Å². The van der Waals surface area contributed by atoms with Crippen LogP contribution in [-0.4, -0.2) is 49.4 Å². The van der Waals surface area contributed by atoms with Crippen LogP contribution in [0.15, 0.2) is 12.1 Å². The molecule has 0 unspecified atom stereocenters. The average molecular weight is 284 g/mol. The highest BCUT2D eigenvalue weighted by molar-refractivity contribution is 7.14. The molecule has 108 valence electrons. The number of nitrogen functional groups attached to an aromatic ring is 1. The average Bonchev–Trinajstić information content (AvgIpc) is 2.83. The third-order valence-corrected chi connectivity index (χ3v) is 3.87. The van der Waals surface area contributed by atoms with E-state index < -0.39 is 0 Å². The van der Waals surface area contributed by atoms with Gasteiger partial charge in [0.05, 0.1) is 4.88 Å². The first-order valence-corrected chi connectivity index (χ1v) is 7.35. The van der Waals surface area contributed by atoms with Crippen LogP contribution in [0, 0.1) is 0 Å². The molecule has 1 aromatic heterocycles. The highest BCUT2D eigenvalue weighted by atomic mass is 32.1. The van der Waals surface area contributed by atoms with E-state index in [0.29, 0.717) is 4.88 Å². The lowest BCUT2D eigenvalue weighted by atomic mass is 10.3. The van der Waals surface area contributed by atoms with Gasteiger partial charge in [-0.1, -0.05) is 6.92 Å². The van der Waals surface area contributed by atoms with Gasteiger partial charge in [-0.05, 0) is 39.2 Å². The molecule has 3 N–H and O–H groups in total. The predicted octanol–water partition coefficient (Wildman–Crippen LogP) is 1.13. The second-order valence-corrected chi connectivity index (χ2v) is 5.99. The minimum Gasteiger partial charge on any atom is -0.308 e. The molecule has 1 heterocycles. The summed E-state index contributed by atoms with van der Waals surface area (Å²) < 4.78 is 0. The predicted molar refractivity (Wildman–Crippen MR) is 80.1 cm³/mol. The lowest BCUT2D eigenvalue weighted by molar-refractivity contribution is 0.0957. The summed E-state index contributed by atoms with van der Waals surface area (Å²) in [5.74, 6) is 4.92. The Kier molecular flexibility index (Phi) is 7.01. The minimum atomic E-state index is -0.216.